The summed E-state index contributed by atoms with van der Waals surface area (Å²) >= 11 is 1.51. The van der Waals surface area contributed by atoms with Crippen LogP contribution in [0.15, 0.2) is 54.2 Å². The molecule has 0 amide bonds. The summed E-state index contributed by atoms with van der Waals surface area (Å²) in [6, 6.07) is 11.0. The van der Waals surface area contributed by atoms with Gasteiger partial charge in [-0.1, -0.05) is 12.1 Å². The minimum atomic E-state index is -0.211. The van der Waals surface area contributed by atoms with Crippen LogP contribution in [0.1, 0.15) is 23.6 Å². The van der Waals surface area contributed by atoms with Gasteiger partial charge in [-0.3, -0.25) is 9.88 Å². The molecule has 0 bridgehead atoms. The molecule has 1 aliphatic rings. The van der Waals surface area contributed by atoms with E-state index >= 15 is 0 Å². The highest BCUT2D eigenvalue weighted by Gasteiger charge is 2.24. The van der Waals surface area contributed by atoms with Crippen molar-refractivity contribution < 1.29 is 4.39 Å². The van der Waals surface area contributed by atoms with Crippen molar-refractivity contribution in [2.24, 2.45) is 0 Å². The molecule has 1 aromatic carbocycles. The summed E-state index contributed by atoms with van der Waals surface area (Å²) in [6.45, 7) is 2.93. The molecule has 3 aromatic rings. The fourth-order valence-electron chi connectivity index (χ4n) is 3.25. The number of hydrogen-bond donors (Lipinski definition) is 0. The maximum atomic E-state index is 13.9. The summed E-state index contributed by atoms with van der Waals surface area (Å²) in [5.74, 6) is 0.356. The van der Waals surface area contributed by atoms with E-state index in [1.54, 1.807) is 12.1 Å². The fourth-order valence-corrected chi connectivity index (χ4v) is 4.09. The van der Waals surface area contributed by atoms with Gasteiger partial charge in [-0.25, -0.2) is 9.37 Å². The van der Waals surface area contributed by atoms with Crippen molar-refractivity contribution in [1.29, 1.82) is 0 Å². The number of pyridine rings is 1. The van der Waals surface area contributed by atoms with E-state index in [1.165, 1.54) is 23.0 Å². The first-order valence-corrected chi connectivity index (χ1v) is 8.99. The highest BCUT2D eigenvalue weighted by atomic mass is 32.1. The van der Waals surface area contributed by atoms with Crippen LogP contribution in [-0.4, -0.2) is 28.0 Å². The lowest BCUT2D eigenvalue weighted by Gasteiger charge is -2.14. The summed E-state index contributed by atoms with van der Waals surface area (Å²) in [7, 11) is 0. The van der Waals surface area contributed by atoms with Crippen molar-refractivity contribution >= 4 is 11.3 Å². The Morgan fingerprint density at radius 2 is 2.00 bits per heavy atom. The van der Waals surface area contributed by atoms with Crippen LogP contribution in [0, 0.1) is 5.82 Å². The van der Waals surface area contributed by atoms with Gasteiger partial charge in [-0.2, -0.15) is 0 Å². The van der Waals surface area contributed by atoms with Gasteiger partial charge in [0, 0.05) is 36.4 Å². The Labute approximate surface area is 144 Å². The molecule has 24 heavy (non-hydrogen) atoms. The third-order valence-electron chi connectivity index (χ3n) is 4.49. The molecule has 0 radical (unpaired) electrons. The molecule has 1 fully saturated rings. The van der Waals surface area contributed by atoms with Gasteiger partial charge < -0.3 is 0 Å². The number of nitrogens with zero attached hydrogens (tertiary/aromatic N) is 3. The molecule has 0 saturated carbocycles. The van der Waals surface area contributed by atoms with Gasteiger partial charge in [0.05, 0.1) is 5.69 Å². The van der Waals surface area contributed by atoms with Crippen LogP contribution in [0.25, 0.3) is 10.6 Å². The molecular formula is C19H18FN3S. The van der Waals surface area contributed by atoms with Crippen molar-refractivity contribution in [3.8, 4) is 10.6 Å². The van der Waals surface area contributed by atoms with Gasteiger partial charge >= 0.3 is 0 Å². The van der Waals surface area contributed by atoms with Crippen LogP contribution in [0.4, 0.5) is 4.39 Å². The zero-order valence-corrected chi connectivity index (χ0v) is 14.0. The molecule has 3 heterocycles. The number of likely N-dealkylation sites (tertiary alicyclic amines) is 1. The molecule has 122 valence electrons. The van der Waals surface area contributed by atoms with Gasteiger partial charge in [0.15, 0.2) is 0 Å². The van der Waals surface area contributed by atoms with E-state index in [1.807, 2.05) is 23.8 Å². The Bertz CT molecular complexity index is 818. The standard InChI is InChI=1S/C19H18FN3S/c20-18-4-2-1-3-17(18)19-22-16(13-24-19)12-23-10-7-15(11-23)14-5-8-21-9-6-14/h1-6,8-9,13,15H,7,10-12H2. The van der Waals surface area contributed by atoms with Crippen LogP contribution < -0.4 is 0 Å². The molecule has 3 nitrogen and oxygen atoms in total. The lowest BCUT2D eigenvalue weighted by Crippen LogP contribution is -2.19. The summed E-state index contributed by atoms with van der Waals surface area (Å²) in [4.78, 5) is 11.1. The minimum absolute atomic E-state index is 0.211. The zero-order valence-electron chi connectivity index (χ0n) is 13.2. The van der Waals surface area contributed by atoms with Crippen molar-refractivity contribution in [2.75, 3.05) is 13.1 Å². The van der Waals surface area contributed by atoms with E-state index in [9.17, 15) is 4.39 Å². The summed E-state index contributed by atoms with van der Waals surface area (Å²) in [5, 5.41) is 2.80. The van der Waals surface area contributed by atoms with Crippen LogP contribution in [0.3, 0.4) is 0 Å². The monoisotopic (exact) mass is 339 g/mol. The van der Waals surface area contributed by atoms with E-state index in [2.05, 4.69) is 27.0 Å². The molecule has 1 atom stereocenters. The first-order valence-electron chi connectivity index (χ1n) is 8.11. The number of benzene rings is 1. The van der Waals surface area contributed by atoms with Gasteiger partial charge in [-0.05, 0) is 48.7 Å². The summed E-state index contributed by atoms with van der Waals surface area (Å²) in [5.41, 5.74) is 2.97. The third kappa shape index (κ3) is 3.23. The second kappa shape index (κ2) is 6.79. The molecule has 0 spiro atoms. The normalized spacial score (nSPS) is 18.1. The van der Waals surface area contributed by atoms with E-state index in [-0.39, 0.29) is 5.82 Å². The lowest BCUT2D eigenvalue weighted by molar-refractivity contribution is 0.323. The van der Waals surface area contributed by atoms with E-state index in [4.69, 9.17) is 0 Å². The molecule has 0 N–H and O–H groups in total. The number of thiazole rings is 1. The van der Waals surface area contributed by atoms with Crippen LogP contribution in [0.5, 0.6) is 0 Å². The highest BCUT2D eigenvalue weighted by Crippen LogP contribution is 2.30. The topological polar surface area (TPSA) is 29.0 Å². The zero-order chi connectivity index (χ0) is 16.4. The van der Waals surface area contributed by atoms with E-state index in [0.29, 0.717) is 11.5 Å². The molecule has 2 aromatic heterocycles. The predicted molar refractivity (Wildman–Crippen MR) is 94.4 cm³/mol. The first-order chi connectivity index (χ1) is 11.8. The molecule has 4 rings (SSSR count). The Morgan fingerprint density at radius 3 is 2.83 bits per heavy atom. The number of hydrogen-bond acceptors (Lipinski definition) is 4. The lowest BCUT2D eigenvalue weighted by atomic mass is 10.00. The number of aromatic nitrogens is 2. The second-order valence-corrected chi connectivity index (χ2v) is 6.98. The smallest absolute Gasteiger partial charge is 0.133 e. The Balaban J connectivity index is 1.43. The van der Waals surface area contributed by atoms with Crippen molar-refractivity contribution in [2.45, 2.75) is 18.9 Å². The first kappa shape index (κ1) is 15.4. The number of halogens is 1. The van der Waals surface area contributed by atoms with Crippen molar-refractivity contribution in [1.82, 2.24) is 14.9 Å². The van der Waals surface area contributed by atoms with E-state index < -0.39 is 0 Å². The average Bonchev–Trinajstić information content (AvgIpc) is 3.26. The summed E-state index contributed by atoms with van der Waals surface area (Å²) in [6.07, 6.45) is 4.88. The quantitative estimate of drug-likeness (QED) is 0.708. The van der Waals surface area contributed by atoms with Crippen molar-refractivity contribution in [3.05, 3.63) is 71.2 Å². The SMILES string of the molecule is Fc1ccccc1-c1nc(CN2CCC(c3ccncc3)C2)cs1. The average molecular weight is 339 g/mol. The second-order valence-electron chi connectivity index (χ2n) is 6.13. The highest BCUT2D eigenvalue weighted by molar-refractivity contribution is 7.13. The Hall–Kier alpha value is -2.11. The molecule has 1 unspecified atom stereocenters. The van der Waals surface area contributed by atoms with E-state index in [0.717, 1.165) is 36.8 Å². The van der Waals surface area contributed by atoms with Gasteiger partial charge in [0.25, 0.3) is 0 Å². The molecular weight excluding hydrogens is 321 g/mol. The fraction of sp³-hybridized carbons (Fsp3) is 0.263. The third-order valence-corrected chi connectivity index (χ3v) is 5.42. The maximum Gasteiger partial charge on any atom is 0.133 e. The molecule has 1 aliphatic heterocycles. The molecule has 1 saturated heterocycles. The van der Waals surface area contributed by atoms with Gasteiger partial charge in [0.1, 0.15) is 10.8 Å². The number of rotatable bonds is 4. The largest absolute Gasteiger partial charge is 0.297 e. The Kier molecular flexibility index (Phi) is 4.36. The van der Waals surface area contributed by atoms with Gasteiger partial charge in [0.2, 0.25) is 0 Å². The van der Waals surface area contributed by atoms with Gasteiger partial charge in [-0.15, -0.1) is 11.3 Å². The van der Waals surface area contributed by atoms with Crippen LogP contribution >= 0.6 is 11.3 Å². The maximum absolute atomic E-state index is 13.9. The van der Waals surface area contributed by atoms with Crippen LogP contribution in [0.2, 0.25) is 0 Å². The minimum Gasteiger partial charge on any atom is -0.297 e. The molecule has 5 heteroatoms. The van der Waals surface area contributed by atoms with Crippen molar-refractivity contribution in [3.63, 3.8) is 0 Å². The van der Waals surface area contributed by atoms with Crippen LogP contribution in [-0.2, 0) is 6.54 Å². The Morgan fingerprint density at radius 1 is 1.17 bits per heavy atom. The summed E-state index contributed by atoms with van der Waals surface area (Å²) < 4.78 is 13.9. The molecule has 0 aliphatic carbocycles. The predicted octanol–water partition coefficient (Wildman–Crippen LogP) is 4.33.